The number of aliphatic hydroxyl groups is 3. The Labute approximate surface area is 207 Å². The second-order valence-electron chi connectivity index (χ2n) is 12.5. The van der Waals surface area contributed by atoms with Crippen molar-refractivity contribution in [2.75, 3.05) is 6.54 Å². The van der Waals surface area contributed by atoms with Crippen LogP contribution >= 0.6 is 0 Å². The summed E-state index contributed by atoms with van der Waals surface area (Å²) in [5, 5.41) is 45.1. The summed E-state index contributed by atoms with van der Waals surface area (Å²) in [4.78, 5) is 34.1. The number of amides is 1. The van der Waals surface area contributed by atoms with Crippen molar-refractivity contribution in [3.8, 4) is 0 Å². The van der Waals surface area contributed by atoms with Crippen LogP contribution in [0.5, 0.6) is 0 Å². The van der Waals surface area contributed by atoms with Crippen molar-refractivity contribution >= 4 is 11.9 Å². The van der Waals surface area contributed by atoms with E-state index in [0.29, 0.717) is 24.3 Å². The molecule has 1 amide bonds. The van der Waals surface area contributed by atoms with E-state index in [1.807, 2.05) is 0 Å². The van der Waals surface area contributed by atoms with Crippen molar-refractivity contribution in [1.29, 1.82) is 0 Å². The van der Waals surface area contributed by atoms with Gasteiger partial charge in [-0.25, -0.2) is 0 Å². The van der Waals surface area contributed by atoms with Crippen molar-refractivity contribution in [1.82, 2.24) is 5.01 Å². The number of hydrogen-bond acceptors (Lipinski definition) is 7. The highest BCUT2D eigenvalue weighted by Crippen LogP contribution is 2.68. The molecule has 0 radical (unpaired) electrons. The highest BCUT2D eigenvalue weighted by Gasteiger charge is 2.65. The van der Waals surface area contributed by atoms with Crippen LogP contribution in [0.3, 0.4) is 0 Å². The molecule has 0 saturated heterocycles. The minimum Gasteiger partial charge on any atom is -0.480 e. The van der Waals surface area contributed by atoms with Crippen LogP contribution < -0.4 is 0 Å². The summed E-state index contributed by atoms with van der Waals surface area (Å²) in [6.45, 7) is 5.80. The molecule has 0 unspecified atom stereocenters. The van der Waals surface area contributed by atoms with Gasteiger partial charge in [0, 0.05) is 6.42 Å². The molecule has 198 valence electrons. The van der Waals surface area contributed by atoms with Crippen LogP contribution in [0.4, 0.5) is 0 Å². The average Bonchev–Trinajstić information content (AvgIpc) is 3.16. The molecule has 4 aliphatic rings. The van der Waals surface area contributed by atoms with Gasteiger partial charge in [-0.2, -0.15) is 5.01 Å². The Bertz CT molecular complexity index is 839. The maximum absolute atomic E-state index is 12.3. The molecular weight excluding hydrogens is 452 g/mol. The molecule has 4 N–H and O–H groups in total. The van der Waals surface area contributed by atoms with E-state index in [9.17, 15) is 29.8 Å². The van der Waals surface area contributed by atoms with Gasteiger partial charge in [0.25, 0.3) is 0 Å². The fraction of sp³-hybridized carbons (Fsp3) is 0.923. The molecule has 9 nitrogen and oxygen atoms in total. The third-order valence-corrected chi connectivity index (χ3v) is 11.0. The molecule has 4 rings (SSSR count). The van der Waals surface area contributed by atoms with Crippen molar-refractivity contribution in [2.24, 2.45) is 51.6 Å². The number of carbonyl (C=O) groups excluding carboxylic acids is 1. The van der Waals surface area contributed by atoms with Gasteiger partial charge in [-0.05, 0) is 97.7 Å². The summed E-state index contributed by atoms with van der Waals surface area (Å²) in [6.07, 6.45) is 4.94. The fourth-order valence-corrected chi connectivity index (χ4v) is 9.10. The van der Waals surface area contributed by atoms with Crippen molar-refractivity contribution in [3.63, 3.8) is 0 Å². The van der Waals surface area contributed by atoms with Gasteiger partial charge in [-0.1, -0.05) is 20.8 Å². The zero-order valence-corrected chi connectivity index (χ0v) is 21.2. The summed E-state index contributed by atoms with van der Waals surface area (Å²) in [6, 6.07) is 0. The molecule has 4 aliphatic carbocycles. The number of rotatable bonds is 7. The van der Waals surface area contributed by atoms with Gasteiger partial charge in [0.1, 0.15) is 6.54 Å². The van der Waals surface area contributed by atoms with E-state index in [1.165, 1.54) is 0 Å². The van der Waals surface area contributed by atoms with E-state index in [-0.39, 0.29) is 58.9 Å². The lowest BCUT2D eigenvalue weighted by atomic mass is 9.43. The fourth-order valence-electron chi connectivity index (χ4n) is 9.10. The largest absolute Gasteiger partial charge is 0.480 e. The topological polar surface area (TPSA) is 148 Å². The Hall–Kier alpha value is -1.58. The standard InChI is InChI=1S/C26H42N2O7/c1-14(4-7-22(32)28(27-35)13-23(33)34)17-5-6-18-24-19(12-21(31)26(17,18)3)25(2)9-8-16(29)10-15(25)11-20(24)30/h14-21,24,29-31H,4-13H2,1-3H3,(H,33,34)/t14-,15+,16-,17-,18+,19+,20+,21+,24+,25+,26-/m1/s1. The third-order valence-electron chi connectivity index (χ3n) is 11.0. The molecule has 11 atom stereocenters. The molecule has 4 saturated carbocycles. The molecule has 0 aromatic heterocycles. The van der Waals surface area contributed by atoms with Crippen LogP contribution in [-0.4, -0.2) is 62.2 Å². The average molecular weight is 495 g/mol. The van der Waals surface area contributed by atoms with E-state index in [2.05, 4.69) is 26.1 Å². The predicted octanol–water partition coefficient (Wildman–Crippen LogP) is 2.96. The van der Waals surface area contributed by atoms with Crippen LogP contribution in [0.2, 0.25) is 0 Å². The van der Waals surface area contributed by atoms with E-state index < -0.39 is 30.6 Å². The van der Waals surface area contributed by atoms with Crippen molar-refractivity contribution in [2.45, 2.75) is 96.9 Å². The molecule has 4 fully saturated rings. The number of carboxylic acids is 1. The Morgan fingerprint density at radius 2 is 1.77 bits per heavy atom. The van der Waals surface area contributed by atoms with Gasteiger partial charge >= 0.3 is 5.97 Å². The molecule has 35 heavy (non-hydrogen) atoms. The number of nitroso groups, excluding NO2 is 1. The summed E-state index contributed by atoms with van der Waals surface area (Å²) in [5.74, 6) is -0.794. The smallest absolute Gasteiger partial charge is 0.325 e. The molecule has 0 aromatic rings. The summed E-state index contributed by atoms with van der Waals surface area (Å²) in [5.41, 5.74) is -0.345. The van der Waals surface area contributed by atoms with Crippen LogP contribution in [0.25, 0.3) is 0 Å². The third kappa shape index (κ3) is 4.42. The molecular formula is C26H42N2O7. The van der Waals surface area contributed by atoms with Gasteiger partial charge in [-0.15, -0.1) is 4.91 Å². The van der Waals surface area contributed by atoms with E-state index in [0.717, 1.165) is 32.1 Å². The number of fused-ring (bicyclic) bond motifs is 5. The van der Waals surface area contributed by atoms with E-state index in [4.69, 9.17) is 5.11 Å². The molecule has 0 heterocycles. The second kappa shape index (κ2) is 9.71. The van der Waals surface area contributed by atoms with Crippen LogP contribution in [0.15, 0.2) is 5.29 Å². The van der Waals surface area contributed by atoms with E-state index in [1.54, 1.807) is 0 Å². The predicted molar refractivity (Wildman–Crippen MR) is 128 cm³/mol. The normalized spacial score (nSPS) is 45.5. The number of nitrogens with zero attached hydrogens (tertiary/aromatic N) is 2. The Kier molecular flexibility index (Phi) is 7.34. The molecule has 0 bridgehead atoms. The first-order valence-corrected chi connectivity index (χ1v) is 13.3. The quantitative estimate of drug-likeness (QED) is 0.314. The lowest BCUT2D eigenvalue weighted by Gasteiger charge is -2.63. The number of aliphatic hydroxyl groups excluding tert-OH is 3. The molecule has 9 heteroatoms. The van der Waals surface area contributed by atoms with Gasteiger partial charge in [-0.3, -0.25) is 9.59 Å². The lowest BCUT2D eigenvalue weighted by molar-refractivity contribution is -0.207. The number of hydrogen-bond donors (Lipinski definition) is 4. The Balaban J connectivity index is 1.49. The zero-order valence-electron chi connectivity index (χ0n) is 21.2. The van der Waals surface area contributed by atoms with Crippen molar-refractivity contribution < 1.29 is 30.0 Å². The minimum atomic E-state index is -1.29. The van der Waals surface area contributed by atoms with Crippen LogP contribution in [0, 0.1) is 51.2 Å². The zero-order chi connectivity index (χ0) is 25.7. The highest BCUT2D eigenvalue weighted by atomic mass is 16.4. The van der Waals surface area contributed by atoms with Gasteiger partial charge in [0.05, 0.1) is 23.6 Å². The first kappa shape index (κ1) is 26.5. The summed E-state index contributed by atoms with van der Waals surface area (Å²) in [7, 11) is 0. The molecule has 0 spiro atoms. The molecule has 0 aromatic carbocycles. The maximum Gasteiger partial charge on any atom is 0.325 e. The maximum atomic E-state index is 12.3. The van der Waals surface area contributed by atoms with Crippen LogP contribution in [-0.2, 0) is 9.59 Å². The minimum absolute atomic E-state index is 0.0248. The van der Waals surface area contributed by atoms with Gasteiger partial charge in [0.2, 0.25) is 5.91 Å². The van der Waals surface area contributed by atoms with Gasteiger partial charge < -0.3 is 20.4 Å². The number of carbonyl (C=O) groups is 2. The molecule has 0 aliphatic heterocycles. The number of carboxylic acid groups (broad SMARTS) is 1. The first-order valence-electron chi connectivity index (χ1n) is 13.3. The van der Waals surface area contributed by atoms with Gasteiger partial charge in [0.15, 0.2) is 0 Å². The lowest BCUT2D eigenvalue weighted by Crippen LogP contribution is -2.62. The van der Waals surface area contributed by atoms with E-state index >= 15 is 0 Å². The highest BCUT2D eigenvalue weighted by molar-refractivity contribution is 5.80. The summed E-state index contributed by atoms with van der Waals surface area (Å²) >= 11 is 0. The number of aliphatic carboxylic acids is 1. The Morgan fingerprint density at radius 1 is 1.06 bits per heavy atom. The van der Waals surface area contributed by atoms with Crippen LogP contribution in [0.1, 0.15) is 78.6 Å². The SMILES string of the molecule is C[C@H](CCC(=O)N(CC(=O)O)N=O)[C@H]1CC[C@H]2[C@@H]3[C@@H](O)C[C@@H]4C[C@H](O)CC[C@]4(C)[C@H]3C[C@H](O)[C@]12C. The second-order valence-corrected chi connectivity index (χ2v) is 12.5. The summed E-state index contributed by atoms with van der Waals surface area (Å²) < 4.78 is 0. The monoisotopic (exact) mass is 494 g/mol. The Morgan fingerprint density at radius 3 is 2.43 bits per heavy atom. The first-order chi connectivity index (χ1) is 16.4. The van der Waals surface area contributed by atoms with Crippen molar-refractivity contribution in [3.05, 3.63) is 4.91 Å².